The summed E-state index contributed by atoms with van der Waals surface area (Å²) in [5.74, 6) is -0.0350. The summed E-state index contributed by atoms with van der Waals surface area (Å²) in [5, 5.41) is 6.01. The molecule has 2 aromatic carbocycles. The van der Waals surface area contributed by atoms with Crippen molar-refractivity contribution < 1.29 is 9.18 Å². The van der Waals surface area contributed by atoms with Crippen molar-refractivity contribution in [3.63, 3.8) is 0 Å². The molecule has 2 N–H and O–H groups in total. The molecule has 0 aliphatic heterocycles. The summed E-state index contributed by atoms with van der Waals surface area (Å²) in [6.07, 6.45) is 2.85. The van der Waals surface area contributed by atoms with Crippen molar-refractivity contribution in [2.24, 2.45) is 0 Å². The normalized spacial score (nSPS) is 10.4. The zero-order valence-corrected chi connectivity index (χ0v) is 14.5. The summed E-state index contributed by atoms with van der Waals surface area (Å²) in [6.45, 7) is 2.12. The number of nitrogens with zero attached hydrogens (tertiary/aromatic N) is 1. The number of aromatic nitrogens is 1. The molecular formula is C21H20FN3O. The molecule has 3 rings (SSSR count). The van der Waals surface area contributed by atoms with Gasteiger partial charge in [0.2, 0.25) is 5.91 Å². The average Bonchev–Trinajstić information content (AvgIpc) is 2.66. The number of anilines is 3. The van der Waals surface area contributed by atoms with E-state index in [1.807, 2.05) is 18.2 Å². The minimum atomic E-state index is -0.316. The standard InChI is InChI=1S/C21H20FN3O/c1-2-15-5-9-18(10-6-15)24-19-11-12-20(23-14-19)25-21(26)13-16-3-7-17(22)8-4-16/h3-12,14,24H,2,13H2,1H3,(H,23,25,26). The van der Waals surface area contributed by atoms with Gasteiger partial charge in [-0.1, -0.05) is 31.2 Å². The minimum absolute atomic E-state index is 0.172. The minimum Gasteiger partial charge on any atom is -0.354 e. The predicted molar refractivity (Wildman–Crippen MR) is 102 cm³/mol. The maximum absolute atomic E-state index is 12.9. The monoisotopic (exact) mass is 349 g/mol. The Morgan fingerprint density at radius 1 is 0.923 bits per heavy atom. The Bertz CT molecular complexity index is 859. The average molecular weight is 349 g/mol. The van der Waals surface area contributed by atoms with Gasteiger partial charge in [0, 0.05) is 5.69 Å². The summed E-state index contributed by atoms with van der Waals surface area (Å²) < 4.78 is 12.9. The van der Waals surface area contributed by atoms with Gasteiger partial charge in [0.1, 0.15) is 11.6 Å². The highest BCUT2D eigenvalue weighted by atomic mass is 19.1. The van der Waals surface area contributed by atoms with Crippen LogP contribution in [-0.2, 0) is 17.6 Å². The molecule has 0 spiro atoms. The number of hydrogen-bond acceptors (Lipinski definition) is 3. The van der Waals surface area contributed by atoms with Crippen LogP contribution < -0.4 is 10.6 Å². The van der Waals surface area contributed by atoms with Crippen molar-refractivity contribution in [3.8, 4) is 0 Å². The number of aryl methyl sites for hydroxylation is 1. The van der Waals surface area contributed by atoms with Crippen LogP contribution in [0.3, 0.4) is 0 Å². The van der Waals surface area contributed by atoms with Gasteiger partial charge in [-0.2, -0.15) is 0 Å². The molecule has 0 atom stereocenters. The van der Waals surface area contributed by atoms with Crippen molar-refractivity contribution >= 4 is 23.1 Å². The van der Waals surface area contributed by atoms with Crippen LogP contribution in [0, 0.1) is 5.82 Å². The molecule has 0 saturated carbocycles. The largest absolute Gasteiger partial charge is 0.354 e. The van der Waals surface area contributed by atoms with Gasteiger partial charge in [-0.15, -0.1) is 0 Å². The molecule has 5 heteroatoms. The SMILES string of the molecule is CCc1ccc(Nc2ccc(NC(=O)Cc3ccc(F)cc3)nc2)cc1. The van der Waals surface area contributed by atoms with E-state index in [0.29, 0.717) is 5.82 Å². The molecule has 0 unspecified atom stereocenters. The molecular weight excluding hydrogens is 329 g/mol. The Labute approximate surface area is 152 Å². The van der Waals surface area contributed by atoms with Gasteiger partial charge in [0.05, 0.1) is 18.3 Å². The summed E-state index contributed by atoms with van der Waals surface area (Å²) in [6, 6.07) is 17.7. The van der Waals surface area contributed by atoms with Crippen molar-refractivity contribution in [2.45, 2.75) is 19.8 Å². The third-order valence-corrected chi connectivity index (χ3v) is 3.96. The van der Waals surface area contributed by atoms with Crippen molar-refractivity contribution in [1.29, 1.82) is 0 Å². The highest BCUT2D eigenvalue weighted by Crippen LogP contribution is 2.18. The first-order valence-electron chi connectivity index (χ1n) is 8.48. The quantitative estimate of drug-likeness (QED) is 0.678. The van der Waals surface area contributed by atoms with Crippen LogP contribution in [0.15, 0.2) is 66.9 Å². The smallest absolute Gasteiger partial charge is 0.229 e. The Hall–Kier alpha value is -3.21. The maximum Gasteiger partial charge on any atom is 0.229 e. The third kappa shape index (κ3) is 4.89. The number of amides is 1. The van der Waals surface area contributed by atoms with E-state index in [1.165, 1.54) is 17.7 Å². The highest BCUT2D eigenvalue weighted by Gasteiger charge is 2.05. The van der Waals surface area contributed by atoms with E-state index < -0.39 is 0 Å². The van der Waals surface area contributed by atoms with Crippen LogP contribution in [0.1, 0.15) is 18.1 Å². The first kappa shape index (κ1) is 17.6. The molecule has 1 heterocycles. The molecule has 0 radical (unpaired) electrons. The molecule has 132 valence electrons. The molecule has 0 saturated heterocycles. The molecule has 3 aromatic rings. The lowest BCUT2D eigenvalue weighted by Crippen LogP contribution is -2.15. The van der Waals surface area contributed by atoms with E-state index in [2.05, 4.69) is 34.7 Å². The fourth-order valence-electron chi connectivity index (χ4n) is 2.51. The fourth-order valence-corrected chi connectivity index (χ4v) is 2.51. The van der Waals surface area contributed by atoms with Gasteiger partial charge >= 0.3 is 0 Å². The second-order valence-electron chi connectivity index (χ2n) is 5.96. The van der Waals surface area contributed by atoms with Crippen LogP contribution in [0.2, 0.25) is 0 Å². The first-order chi connectivity index (χ1) is 12.6. The number of carbonyl (C=O) groups is 1. The number of carbonyl (C=O) groups excluding carboxylic acids is 1. The molecule has 1 aromatic heterocycles. The topological polar surface area (TPSA) is 54.0 Å². The van der Waals surface area contributed by atoms with E-state index in [0.717, 1.165) is 23.4 Å². The lowest BCUT2D eigenvalue weighted by molar-refractivity contribution is -0.115. The van der Waals surface area contributed by atoms with Gasteiger partial charge < -0.3 is 10.6 Å². The van der Waals surface area contributed by atoms with Crippen LogP contribution in [-0.4, -0.2) is 10.9 Å². The second kappa shape index (κ2) is 8.25. The lowest BCUT2D eigenvalue weighted by Gasteiger charge is -2.09. The van der Waals surface area contributed by atoms with Gasteiger partial charge in [0.15, 0.2) is 0 Å². The van der Waals surface area contributed by atoms with E-state index in [9.17, 15) is 9.18 Å². The molecule has 0 bridgehead atoms. The Balaban J connectivity index is 1.56. The first-order valence-corrected chi connectivity index (χ1v) is 8.48. The predicted octanol–water partition coefficient (Wildman–Crippen LogP) is 4.71. The highest BCUT2D eigenvalue weighted by molar-refractivity contribution is 5.91. The van der Waals surface area contributed by atoms with Gasteiger partial charge in [-0.3, -0.25) is 4.79 Å². The van der Waals surface area contributed by atoms with E-state index in [1.54, 1.807) is 24.4 Å². The van der Waals surface area contributed by atoms with Gasteiger partial charge in [-0.05, 0) is 53.9 Å². The Kier molecular flexibility index (Phi) is 5.59. The second-order valence-corrected chi connectivity index (χ2v) is 5.96. The summed E-state index contributed by atoms with van der Waals surface area (Å²) in [5.41, 5.74) is 3.86. The van der Waals surface area contributed by atoms with Crippen molar-refractivity contribution in [1.82, 2.24) is 4.98 Å². The number of halogens is 1. The Morgan fingerprint density at radius 3 is 2.19 bits per heavy atom. The number of benzene rings is 2. The van der Waals surface area contributed by atoms with E-state index >= 15 is 0 Å². The van der Waals surface area contributed by atoms with Crippen LogP contribution in [0.25, 0.3) is 0 Å². The van der Waals surface area contributed by atoms with Crippen molar-refractivity contribution in [3.05, 3.63) is 83.8 Å². The number of pyridine rings is 1. The summed E-state index contributed by atoms with van der Waals surface area (Å²) in [4.78, 5) is 16.3. The van der Waals surface area contributed by atoms with Gasteiger partial charge in [0.25, 0.3) is 0 Å². The maximum atomic E-state index is 12.9. The summed E-state index contributed by atoms with van der Waals surface area (Å²) >= 11 is 0. The fraction of sp³-hybridized carbons (Fsp3) is 0.143. The molecule has 26 heavy (non-hydrogen) atoms. The molecule has 0 aliphatic rings. The zero-order chi connectivity index (χ0) is 18.4. The van der Waals surface area contributed by atoms with Crippen LogP contribution in [0.5, 0.6) is 0 Å². The zero-order valence-electron chi connectivity index (χ0n) is 14.5. The third-order valence-electron chi connectivity index (χ3n) is 3.96. The van der Waals surface area contributed by atoms with Gasteiger partial charge in [-0.25, -0.2) is 9.37 Å². The van der Waals surface area contributed by atoms with E-state index in [-0.39, 0.29) is 18.1 Å². The summed E-state index contributed by atoms with van der Waals surface area (Å²) in [7, 11) is 0. The van der Waals surface area contributed by atoms with Crippen LogP contribution in [0.4, 0.5) is 21.6 Å². The molecule has 0 aliphatic carbocycles. The van der Waals surface area contributed by atoms with Crippen molar-refractivity contribution in [2.75, 3.05) is 10.6 Å². The number of nitrogens with one attached hydrogen (secondary N) is 2. The molecule has 4 nitrogen and oxygen atoms in total. The molecule has 1 amide bonds. The Morgan fingerprint density at radius 2 is 1.58 bits per heavy atom. The lowest BCUT2D eigenvalue weighted by atomic mass is 10.1. The van der Waals surface area contributed by atoms with Crippen LogP contribution >= 0.6 is 0 Å². The number of hydrogen-bond donors (Lipinski definition) is 2. The number of rotatable bonds is 6. The molecule has 0 fully saturated rings. The van der Waals surface area contributed by atoms with E-state index in [4.69, 9.17) is 0 Å².